The van der Waals surface area contributed by atoms with Crippen LogP contribution < -0.4 is 0 Å². The molecule has 4 nitrogen and oxygen atoms in total. The molecule has 0 N–H and O–H groups in total. The molecule has 4 heteroatoms. The van der Waals surface area contributed by atoms with Gasteiger partial charge >= 0.3 is 5.97 Å². The summed E-state index contributed by atoms with van der Waals surface area (Å²) >= 11 is 0. The van der Waals surface area contributed by atoms with Crippen molar-refractivity contribution in [2.75, 3.05) is 6.61 Å². The molecule has 1 aromatic heterocycles. The predicted molar refractivity (Wildman–Crippen MR) is 66.6 cm³/mol. The average molecular weight is 246 g/mol. The fourth-order valence-electron chi connectivity index (χ4n) is 2.87. The molecule has 2 heterocycles. The third-order valence-corrected chi connectivity index (χ3v) is 4.11. The van der Waals surface area contributed by atoms with Crippen molar-refractivity contribution in [1.82, 2.24) is 9.78 Å². The summed E-state index contributed by atoms with van der Waals surface area (Å²) in [6, 6.07) is 1.95. The first-order chi connectivity index (χ1) is 8.83. The Labute approximate surface area is 107 Å². The van der Waals surface area contributed by atoms with Crippen LogP contribution in [0.5, 0.6) is 0 Å². The van der Waals surface area contributed by atoms with Crippen molar-refractivity contribution in [3.05, 3.63) is 30.6 Å². The number of hydrogen-bond acceptors (Lipinski definition) is 3. The Morgan fingerprint density at radius 2 is 2.28 bits per heavy atom. The highest BCUT2D eigenvalue weighted by Gasteiger charge is 2.35. The molecule has 2 aliphatic rings. The van der Waals surface area contributed by atoms with Crippen molar-refractivity contribution in [3.8, 4) is 0 Å². The fourth-order valence-corrected chi connectivity index (χ4v) is 2.87. The molecule has 1 fully saturated rings. The minimum Gasteiger partial charge on any atom is -0.461 e. The SMILES string of the molecule is O=C1OCC=CC1CC1CCC1Cn1cccn1. The van der Waals surface area contributed by atoms with Crippen LogP contribution in [0.1, 0.15) is 19.3 Å². The quantitative estimate of drug-likeness (QED) is 0.603. The molecule has 0 amide bonds. The number of ether oxygens (including phenoxy) is 1. The molecule has 0 bridgehead atoms. The Bertz CT molecular complexity index is 439. The molecular formula is C14H18N2O2. The van der Waals surface area contributed by atoms with Gasteiger partial charge in [0.15, 0.2) is 0 Å². The lowest BCUT2D eigenvalue weighted by Gasteiger charge is -2.38. The van der Waals surface area contributed by atoms with Crippen LogP contribution in [0.2, 0.25) is 0 Å². The van der Waals surface area contributed by atoms with Gasteiger partial charge < -0.3 is 4.74 Å². The van der Waals surface area contributed by atoms with Crippen LogP contribution >= 0.6 is 0 Å². The van der Waals surface area contributed by atoms with Crippen LogP contribution in [0.15, 0.2) is 30.6 Å². The van der Waals surface area contributed by atoms with E-state index in [1.807, 2.05) is 35.3 Å². The fraction of sp³-hybridized carbons (Fsp3) is 0.571. The van der Waals surface area contributed by atoms with Crippen LogP contribution in [0.25, 0.3) is 0 Å². The molecule has 3 atom stereocenters. The molecule has 0 saturated heterocycles. The van der Waals surface area contributed by atoms with Gasteiger partial charge in [-0.25, -0.2) is 0 Å². The third kappa shape index (κ3) is 2.33. The van der Waals surface area contributed by atoms with Crippen LogP contribution in [0, 0.1) is 17.8 Å². The second-order valence-electron chi connectivity index (χ2n) is 5.23. The first kappa shape index (κ1) is 11.5. The average Bonchev–Trinajstić information content (AvgIpc) is 2.86. The van der Waals surface area contributed by atoms with E-state index >= 15 is 0 Å². The number of carbonyl (C=O) groups excluding carboxylic acids is 1. The molecule has 1 aliphatic heterocycles. The molecule has 3 rings (SSSR count). The van der Waals surface area contributed by atoms with Gasteiger partial charge in [0.25, 0.3) is 0 Å². The molecule has 1 saturated carbocycles. The summed E-state index contributed by atoms with van der Waals surface area (Å²) in [5.41, 5.74) is 0. The zero-order valence-corrected chi connectivity index (χ0v) is 10.4. The Balaban J connectivity index is 1.55. The minimum absolute atomic E-state index is 0.0239. The molecule has 96 valence electrons. The Kier molecular flexibility index (Phi) is 3.17. The van der Waals surface area contributed by atoms with Crippen LogP contribution in [-0.2, 0) is 16.1 Å². The van der Waals surface area contributed by atoms with E-state index in [1.165, 1.54) is 12.8 Å². The van der Waals surface area contributed by atoms with Crippen LogP contribution in [0.4, 0.5) is 0 Å². The summed E-state index contributed by atoms with van der Waals surface area (Å²) in [4.78, 5) is 11.6. The van der Waals surface area contributed by atoms with Gasteiger partial charge in [-0.05, 0) is 37.2 Å². The van der Waals surface area contributed by atoms with Crippen LogP contribution in [-0.4, -0.2) is 22.4 Å². The molecule has 1 aliphatic carbocycles. The molecule has 0 radical (unpaired) electrons. The summed E-state index contributed by atoms with van der Waals surface area (Å²) in [6.45, 7) is 1.42. The summed E-state index contributed by atoms with van der Waals surface area (Å²) < 4.78 is 7.05. The monoisotopic (exact) mass is 246 g/mol. The normalized spacial score (nSPS) is 30.9. The lowest BCUT2D eigenvalue weighted by Crippen LogP contribution is -2.33. The van der Waals surface area contributed by atoms with Crippen molar-refractivity contribution < 1.29 is 9.53 Å². The topological polar surface area (TPSA) is 44.1 Å². The highest BCUT2D eigenvalue weighted by Crippen LogP contribution is 2.40. The zero-order chi connectivity index (χ0) is 12.4. The van der Waals surface area contributed by atoms with Gasteiger partial charge in [-0.1, -0.05) is 12.2 Å². The largest absolute Gasteiger partial charge is 0.461 e. The van der Waals surface area contributed by atoms with E-state index in [0.29, 0.717) is 18.4 Å². The van der Waals surface area contributed by atoms with Gasteiger partial charge in [0.05, 0.1) is 5.92 Å². The third-order valence-electron chi connectivity index (χ3n) is 4.11. The summed E-state index contributed by atoms with van der Waals surface area (Å²) in [7, 11) is 0. The Morgan fingerprint density at radius 1 is 1.39 bits per heavy atom. The molecule has 0 spiro atoms. The number of carbonyl (C=O) groups is 1. The van der Waals surface area contributed by atoms with Gasteiger partial charge in [0, 0.05) is 18.9 Å². The highest BCUT2D eigenvalue weighted by molar-refractivity contribution is 5.75. The summed E-state index contributed by atoms with van der Waals surface area (Å²) in [5.74, 6) is 1.22. The molecule has 0 aromatic carbocycles. The van der Waals surface area contributed by atoms with E-state index in [0.717, 1.165) is 13.0 Å². The van der Waals surface area contributed by atoms with Crippen LogP contribution in [0.3, 0.4) is 0 Å². The van der Waals surface area contributed by atoms with Gasteiger partial charge in [-0.15, -0.1) is 0 Å². The number of rotatable bonds is 4. The second-order valence-corrected chi connectivity index (χ2v) is 5.23. The predicted octanol–water partition coefficient (Wildman–Crippen LogP) is 2.03. The standard InChI is InChI=1S/C14H18N2O2/c17-14-12(3-1-8-18-14)9-11-4-5-13(11)10-16-7-2-6-15-16/h1-3,6-7,11-13H,4-5,8-10H2. The van der Waals surface area contributed by atoms with Crippen molar-refractivity contribution in [3.63, 3.8) is 0 Å². The van der Waals surface area contributed by atoms with Crippen molar-refractivity contribution in [1.29, 1.82) is 0 Å². The van der Waals surface area contributed by atoms with Gasteiger partial charge in [0.2, 0.25) is 0 Å². The van der Waals surface area contributed by atoms with E-state index in [2.05, 4.69) is 5.10 Å². The van der Waals surface area contributed by atoms with E-state index in [1.54, 1.807) is 0 Å². The maximum absolute atomic E-state index is 11.6. The van der Waals surface area contributed by atoms with Gasteiger partial charge in [-0.2, -0.15) is 5.10 Å². The van der Waals surface area contributed by atoms with E-state index in [-0.39, 0.29) is 11.9 Å². The second kappa shape index (κ2) is 4.96. The summed E-state index contributed by atoms with van der Waals surface area (Å²) in [6.07, 6.45) is 11.2. The first-order valence-electron chi connectivity index (χ1n) is 6.63. The number of aromatic nitrogens is 2. The molecular weight excluding hydrogens is 228 g/mol. The first-order valence-corrected chi connectivity index (χ1v) is 6.63. The van der Waals surface area contributed by atoms with Gasteiger partial charge in [-0.3, -0.25) is 9.48 Å². The lowest BCUT2D eigenvalue weighted by atomic mass is 9.69. The van der Waals surface area contributed by atoms with Gasteiger partial charge in [0.1, 0.15) is 6.61 Å². The molecule has 3 unspecified atom stereocenters. The highest BCUT2D eigenvalue weighted by atomic mass is 16.5. The Hall–Kier alpha value is -1.58. The van der Waals surface area contributed by atoms with E-state index < -0.39 is 0 Å². The van der Waals surface area contributed by atoms with E-state index in [9.17, 15) is 4.79 Å². The zero-order valence-electron chi connectivity index (χ0n) is 10.4. The maximum Gasteiger partial charge on any atom is 0.313 e. The van der Waals surface area contributed by atoms with Crippen molar-refractivity contribution >= 4 is 5.97 Å². The number of esters is 1. The number of cyclic esters (lactones) is 1. The lowest BCUT2D eigenvalue weighted by molar-refractivity contribution is -0.147. The van der Waals surface area contributed by atoms with Crippen molar-refractivity contribution in [2.24, 2.45) is 17.8 Å². The smallest absolute Gasteiger partial charge is 0.313 e. The maximum atomic E-state index is 11.6. The minimum atomic E-state index is -0.0535. The molecule has 1 aromatic rings. The van der Waals surface area contributed by atoms with Crippen molar-refractivity contribution in [2.45, 2.75) is 25.8 Å². The number of hydrogen-bond donors (Lipinski definition) is 0. The van der Waals surface area contributed by atoms with E-state index in [4.69, 9.17) is 4.74 Å². The molecule has 18 heavy (non-hydrogen) atoms. The Morgan fingerprint density at radius 3 is 2.94 bits per heavy atom. The summed E-state index contributed by atoms with van der Waals surface area (Å²) in [5, 5.41) is 4.25. The number of nitrogens with zero attached hydrogens (tertiary/aromatic N) is 2.